The van der Waals surface area contributed by atoms with Crippen molar-refractivity contribution in [3.63, 3.8) is 0 Å². The summed E-state index contributed by atoms with van der Waals surface area (Å²) in [6, 6.07) is 1.77. The minimum atomic E-state index is -0.197. The van der Waals surface area contributed by atoms with E-state index in [2.05, 4.69) is 31.5 Å². The highest BCUT2D eigenvalue weighted by molar-refractivity contribution is 9.10. The van der Waals surface area contributed by atoms with Crippen LogP contribution in [0.15, 0.2) is 16.7 Å². The first-order valence-electron chi connectivity index (χ1n) is 5.74. The molecule has 18 heavy (non-hydrogen) atoms. The smallest absolute Gasteiger partial charge is 0.222 e. The van der Waals surface area contributed by atoms with Gasteiger partial charge in [0, 0.05) is 18.5 Å². The number of amides is 1. The van der Waals surface area contributed by atoms with Crippen molar-refractivity contribution >= 4 is 33.3 Å². The van der Waals surface area contributed by atoms with E-state index >= 15 is 0 Å². The Balaban J connectivity index is 2.40. The molecular formula is C12H19BrN4O. The number of carbonyl (C=O) groups excluding carboxylic acids is 1. The molecule has 0 saturated carbocycles. The van der Waals surface area contributed by atoms with E-state index in [-0.39, 0.29) is 11.4 Å². The Morgan fingerprint density at radius 3 is 2.72 bits per heavy atom. The number of aromatic nitrogens is 1. The van der Waals surface area contributed by atoms with Gasteiger partial charge in [-0.25, -0.2) is 4.98 Å². The van der Waals surface area contributed by atoms with Gasteiger partial charge >= 0.3 is 0 Å². The summed E-state index contributed by atoms with van der Waals surface area (Å²) in [6.45, 7) is 6.39. The summed E-state index contributed by atoms with van der Waals surface area (Å²) >= 11 is 3.36. The fourth-order valence-corrected chi connectivity index (χ4v) is 1.86. The molecule has 0 fully saturated rings. The number of anilines is 2. The Morgan fingerprint density at radius 1 is 1.50 bits per heavy atom. The van der Waals surface area contributed by atoms with E-state index < -0.39 is 0 Å². The quantitative estimate of drug-likeness (QED) is 0.795. The third-order valence-electron chi connectivity index (χ3n) is 2.02. The summed E-state index contributed by atoms with van der Waals surface area (Å²) in [4.78, 5) is 15.7. The standard InChI is InChI=1S/C12H19BrN4O/c1-12(2,3)17-10(18)4-5-15-11-9(13)6-8(14)7-16-11/h6-7H,4-5,14H2,1-3H3,(H,15,16)(H,17,18). The molecule has 0 unspecified atom stereocenters. The van der Waals surface area contributed by atoms with Crippen LogP contribution >= 0.6 is 15.9 Å². The molecule has 0 radical (unpaired) electrons. The van der Waals surface area contributed by atoms with Crippen LogP contribution in [-0.2, 0) is 4.79 Å². The summed E-state index contributed by atoms with van der Waals surface area (Å²) in [5, 5.41) is 5.98. The minimum Gasteiger partial charge on any atom is -0.397 e. The molecule has 4 N–H and O–H groups in total. The van der Waals surface area contributed by atoms with Gasteiger partial charge in [-0.2, -0.15) is 0 Å². The van der Waals surface area contributed by atoms with Crippen LogP contribution in [0.25, 0.3) is 0 Å². The van der Waals surface area contributed by atoms with Gasteiger partial charge in [-0.05, 0) is 42.8 Å². The first-order chi connectivity index (χ1) is 8.28. The van der Waals surface area contributed by atoms with Crippen molar-refractivity contribution in [2.24, 2.45) is 0 Å². The SMILES string of the molecule is CC(C)(C)NC(=O)CCNc1ncc(N)cc1Br. The normalized spacial score (nSPS) is 11.1. The maximum Gasteiger partial charge on any atom is 0.222 e. The molecule has 0 aliphatic heterocycles. The molecular weight excluding hydrogens is 296 g/mol. The van der Waals surface area contributed by atoms with Crippen LogP contribution in [-0.4, -0.2) is 23.0 Å². The van der Waals surface area contributed by atoms with Gasteiger partial charge in [-0.15, -0.1) is 0 Å². The largest absolute Gasteiger partial charge is 0.397 e. The Bertz CT molecular complexity index is 429. The minimum absolute atomic E-state index is 0.0153. The van der Waals surface area contributed by atoms with Crippen molar-refractivity contribution in [1.29, 1.82) is 0 Å². The van der Waals surface area contributed by atoms with Crippen molar-refractivity contribution in [2.45, 2.75) is 32.7 Å². The highest BCUT2D eigenvalue weighted by Gasteiger charge is 2.13. The summed E-state index contributed by atoms with van der Waals surface area (Å²) in [7, 11) is 0. The average Bonchev–Trinajstić information content (AvgIpc) is 2.18. The third kappa shape index (κ3) is 5.35. The molecule has 1 aromatic rings. The highest BCUT2D eigenvalue weighted by atomic mass is 79.9. The number of nitrogens with two attached hydrogens (primary N) is 1. The number of nitrogens with zero attached hydrogens (tertiary/aromatic N) is 1. The Labute approximate surface area is 116 Å². The zero-order valence-corrected chi connectivity index (χ0v) is 12.5. The molecule has 1 rings (SSSR count). The lowest BCUT2D eigenvalue weighted by Gasteiger charge is -2.20. The number of carbonyl (C=O) groups is 1. The molecule has 0 saturated heterocycles. The van der Waals surface area contributed by atoms with E-state index in [0.29, 0.717) is 24.5 Å². The first kappa shape index (κ1) is 14.8. The number of nitrogens with one attached hydrogen (secondary N) is 2. The zero-order chi connectivity index (χ0) is 13.8. The van der Waals surface area contributed by atoms with Crippen LogP contribution in [0.4, 0.5) is 11.5 Å². The number of pyridine rings is 1. The molecule has 100 valence electrons. The monoisotopic (exact) mass is 314 g/mol. The van der Waals surface area contributed by atoms with Crippen LogP contribution < -0.4 is 16.4 Å². The Kier molecular flexibility index (Phi) is 4.95. The molecule has 0 atom stereocenters. The molecule has 5 nitrogen and oxygen atoms in total. The topological polar surface area (TPSA) is 80.0 Å². The van der Waals surface area contributed by atoms with E-state index in [1.54, 1.807) is 12.3 Å². The first-order valence-corrected chi connectivity index (χ1v) is 6.53. The average molecular weight is 315 g/mol. The maximum absolute atomic E-state index is 11.6. The van der Waals surface area contributed by atoms with Gasteiger partial charge < -0.3 is 16.4 Å². The molecule has 0 bridgehead atoms. The number of hydrogen-bond donors (Lipinski definition) is 3. The Hall–Kier alpha value is -1.30. The van der Waals surface area contributed by atoms with Crippen molar-refractivity contribution in [3.05, 3.63) is 16.7 Å². The second-order valence-electron chi connectivity index (χ2n) is 5.07. The maximum atomic E-state index is 11.6. The summed E-state index contributed by atoms with van der Waals surface area (Å²) < 4.78 is 0.790. The van der Waals surface area contributed by atoms with Gasteiger partial charge in [-0.3, -0.25) is 4.79 Å². The third-order valence-corrected chi connectivity index (χ3v) is 2.63. The number of rotatable bonds is 4. The molecule has 1 heterocycles. The van der Waals surface area contributed by atoms with Crippen LogP contribution in [0.5, 0.6) is 0 Å². The van der Waals surface area contributed by atoms with E-state index in [1.165, 1.54) is 0 Å². The van der Waals surface area contributed by atoms with E-state index in [1.807, 2.05) is 20.8 Å². The second-order valence-corrected chi connectivity index (χ2v) is 5.93. The van der Waals surface area contributed by atoms with Gasteiger partial charge in [0.25, 0.3) is 0 Å². The number of halogens is 1. The van der Waals surface area contributed by atoms with Crippen molar-refractivity contribution in [3.8, 4) is 0 Å². The van der Waals surface area contributed by atoms with Gasteiger partial charge in [0.05, 0.1) is 16.4 Å². The fourth-order valence-electron chi connectivity index (χ4n) is 1.36. The van der Waals surface area contributed by atoms with Crippen LogP contribution in [0.3, 0.4) is 0 Å². The number of hydrogen-bond acceptors (Lipinski definition) is 4. The van der Waals surface area contributed by atoms with Gasteiger partial charge in [0.15, 0.2) is 0 Å². The summed E-state index contributed by atoms with van der Waals surface area (Å²) in [5.41, 5.74) is 5.99. The lowest BCUT2D eigenvalue weighted by atomic mass is 10.1. The molecule has 0 aromatic carbocycles. The summed E-state index contributed by atoms with van der Waals surface area (Å²) in [6.07, 6.45) is 1.97. The predicted octanol–water partition coefficient (Wildman–Crippen LogP) is 2.14. The molecule has 1 aromatic heterocycles. The van der Waals surface area contributed by atoms with Crippen molar-refractivity contribution in [2.75, 3.05) is 17.6 Å². The van der Waals surface area contributed by atoms with Gasteiger partial charge in [0.1, 0.15) is 5.82 Å². The van der Waals surface area contributed by atoms with Crippen molar-refractivity contribution in [1.82, 2.24) is 10.3 Å². The lowest BCUT2D eigenvalue weighted by molar-refractivity contribution is -0.122. The summed E-state index contributed by atoms with van der Waals surface area (Å²) in [5.74, 6) is 0.703. The zero-order valence-electron chi connectivity index (χ0n) is 10.9. The Morgan fingerprint density at radius 2 is 2.17 bits per heavy atom. The predicted molar refractivity (Wildman–Crippen MR) is 77.4 cm³/mol. The molecule has 0 aliphatic rings. The molecule has 0 spiro atoms. The van der Waals surface area contributed by atoms with Crippen LogP contribution in [0.1, 0.15) is 27.2 Å². The van der Waals surface area contributed by atoms with E-state index in [0.717, 1.165) is 4.47 Å². The molecule has 1 amide bonds. The van der Waals surface area contributed by atoms with Gasteiger partial charge in [0.2, 0.25) is 5.91 Å². The van der Waals surface area contributed by atoms with Crippen LogP contribution in [0.2, 0.25) is 0 Å². The van der Waals surface area contributed by atoms with Gasteiger partial charge in [-0.1, -0.05) is 0 Å². The molecule has 6 heteroatoms. The number of nitrogen functional groups attached to an aromatic ring is 1. The second kappa shape index (κ2) is 6.04. The lowest BCUT2D eigenvalue weighted by Crippen LogP contribution is -2.41. The fraction of sp³-hybridized carbons (Fsp3) is 0.500. The van der Waals surface area contributed by atoms with Crippen molar-refractivity contribution < 1.29 is 4.79 Å². The van der Waals surface area contributed by atoms with Crippen LogP contribution in [0, 0.1) is 0 Å². The van der Waals surface area contributed by atoms with E-state index in [4.69, 9.17) is 5.73 Å². The molecule has 0 aliphatic carbocycles. The highest BCUT2D eigenvalue weighted by Crippen LogP contribution is 2.21. The van der Waals surface area contributed by atoms with E-state index in [9.17, 15) is 4.79 Å².